The van der Waals surface area contributed by atoms with Crippen molar-refractivity contribution in [1.82, 2.24) is 9.97 Å². The van der Waals surface area contributed by atoms with Gasteiger partial charge in [-0.3, -0.25) is 4.98 Å². The highest BCUT2D eigenvalue weighted by atomic mass is 15.2. The summed E-state index contributed by atoms with van der Waals surface area (Å²) in [4.78, 5) is 10.8. The molecule has 5 heteroatoms. The van der Waals surface area contributed by atoms with Crippen LogP contribution in [0.1, 0.15) is 30.0 Å². The fourth-order valence-electron chi connectivity index (χ4n) is 4.01. The molecule has 1 aromatic heterocycles. The molecule has 0 bridgehead atoms. The Hall–Kier alpha value is -2.14. The lowest BCUT2D eigenvalue weighted by Gasteiger charge is -2.42. The van der Waals surface area contributed by atoms with Crippen molar-refractivity contribution < 1.29 is 0 Å². The van der Waals surface area contributed by atoms with Crippen LogP contribution in [-0.2, 0) is 6.42 Å². The van der Waals surface area contributed by atoms with Gasteiger partial charge in [-0.1, -0.05) is 24.3 Å². The summed E-state index contributed by atoms with van der Waals surface area (Å²) in [5.41, 5.74) is 15.3. The number of aromatic nitrogens is 2. The van der Waals surface area contributed by atoms with Gasteiger partial charge in [-0.05, 0) is 35.8 Å². The summed E-state index contributed by atoms with van der Waals surface area (Å²) in [7, 11) is 0. The van der Waals surface area contributed by atoms with E-state index in [0.29, 0.717) is 5.82 Å². The lowest BCUT2D eigenvalue weighted by Crippen LogP contribution is -2.44. The minimum atomic E-state index is 0.151. The molecule has 1 aromatic carbocycles. The second kappa shape index (κ2) is 4.95. The molecule has 1 aliphatic heterocycles. The summed E-state index contributed by atoms with van der Waals surface area (Å²) in [6.07, 6.45) is 6.63. The minimum absolute atomic E-state index is 0.151. The molecule has 2 aromatic rings. The Balaban J connectivity index is 1.53. The fraction of sp³-hybridized carbons (Fsp3) is 0.412. The summed E-state index contributed by atoms with van der Waals surface area (Å²) in [6.45, 7) is 1.92. The second-order valence-electron chi connectivity index (χ2n) is 6.50. The van der Waals surface area contributed by atoms with Crippen molar-refractivity contribution in [2.24, 2.45) is 11.1 Å². The zero-order valence-electron chi connectivity index (χ0n) is 12.6. The molecule has 0 amide bonds. The van der Waals surface area contributed by atoms with Gasteiger partial charge in [-0.25, -0.2) is 4.98 Å². The predicted molar refractivity (Wildman–Crippen MR) is 87.4 cm³/mol. The summed E-state index contributed by atoms with van der Waals surface area (Å²) >= 11 is 0. The number of nitrogens with two attached hydrogens (primary N) is 2. The monoisotopic (exact) mass is 295 g/mol. The second-order valence-corrected chi connectivity index (χ2v) is 6.50. The molecule has 2 heterocycles. The highest BCUT2D eigenvalue weighted by Crippen LogP contribution is 2.50. The van der Waals surface area contributed by atoms with E-state index in [0.717, 1.165) is 38.2 Å². The number of fused-ring (bicyclic) bond motifs is 1. The quantitative estimate of drug-likeness (QED) is 0.840. The summed E-state index contributed by atoms with van der Waals surface area (Å²) in [5, 5.41) is 0. The van der Waals surface area contributed by atoms with Crippen LogP contribution in [0.15, 0.2) is 36.7 Å². The lowest BCUT2D eigenvalue weighted by atomic mass is 9.73. The number of rotatable bonds is 1. The first-order valence-corrected chi connectivity index (χ1v) is 7.84. The highest BCUT2D eigenvalue weighted by Gasteiger charge is 2.45. The van der Waals surface area contributed by atoms with Crippen molar-refractivity contribution in [2.45, 2.75) is 25.3 Å². The number of nitrogen functional groups attached to an aromatic ring is 1. The molecule has 0 unspecified atom stereocenters. The molecule has 1 atom stereocenters. The molecular weight excluding hydrogens is 274 g/mol. The van der Waals surface area contributed by atoms with Crippen molar-refractivity contribution >= 4 is 11.6 Å². The Kier molecular flexibility index (Phi) is 3.04. The minimum Gasteiger partial charge on any atom is -0.382 e. The molecule has 1 aliphatic carbocycles. The molecule has 114 valence electrons. The molecule has 4 rings (SSSR count). The average Bonchev–Trinajstić information content (AvgIpc) is 2.81. The maximum atomic E-state index is 6.60. The number of benzene rings is 1. The van der Waals surface area contributed by atoms with Crippen LogP contribution in [0.2, 0.25) is 0 Å². The Morgan fingerprint density at radius 1 is 1.14 bits per heavy atom. The molecular formula is C17H21N5. The average molecular weight is 295 g/mol. The highest BCUT2D eigenvalue weighted by molar-refractivity contribution is 5.44. The normalized spacial score (nSPS) is 22.8. The molecule has 1 fully saturated rings. The predicted octanol–water partition coefficient (Wildman–Crippen LogP) is 1.90. The molecule has 1 saturated heterocycles. The van der Waals surface area contributed by atoms with E-state index in [1.54, 1.807) is 12.4 Å². The van der Waals surface area contributed by atoms with E-state index in [-0.39, 0.29) is 11.5 Å². The van der Waals surface area contributed by atoms with Gasteiger partial charge >= 0.3 is 0 Å². The summed E-state index contributed by atoms with van der Waals surface area (Å²) in [6, 6.07) is 8.76. The molecule has 0 radical (unpaired) electrons. The van der Waals surface area contributed by atoms with Crippen molar-refractivity contribution in [3.05, 3.63) is 47.8 Å². The van der Waals surface area contributed by atoms with E-state index in [1.165, 1.54) is 11.1 Å². The van der Waals surface area contributed by atoms with Crippen LogP contribution in [-0.4, -0.2) is 23.1 Å². The summed E-state index contributed by atoms with van der Waals surface area (Å²) < 4.78 is 0. The Morgan fingerprint density at radius 3 is 2.64 bits per heavy atom. The van der Waals surface area contributed by atoms with Crippen LogP contribution in [0.5, 0.6) is 0 Å². The Bertz CT molecular complexity index is 691. The van der Waals surface area contributed by atoms with Gasteiger partial charge in [0.1, 0.15) is 11.6 Å². The van der Waals surface area contributed by atoms with Crippen molar-refractivity contribution in [3.63, 3.8) is 0 Å². The standard InChI is InChI=1S/C17H21N5/c18-14-10-20-11-15(21-14)22-7-5-17(6-8-22)9-12-3-1-2-4-13(12)16(17)19/h1-4,10-11,16H,5-9,19H2,(H2,18,21)/t16-/m1/s1. The Morgan fingerprint density at radius 2 is 1.91 bits per heavy atom. The number of nitrogens with zero attached hydrogens (tertiary/aromatic N) is 3. The zero-order valence-corrected chi connectivity index (χ0v) is 12.6. The topological polar surface area (TPSA) is 81.1 Å². The van der Waals surface area contributed by atoms with Crippen LogP contribution in [0, 0.1) is 5.41 Å². The molecule has 0 saturated carbocycles. The SMILES string of the molecule is Nc1cncc(N2CCC3(CC2)Cc2ccccc2[C@H]3N)n1. The molecule has 1 spiro atoms. The third kappa shape index (κ3) is 2.04. The molecule has 22 heavy (non-hydrogen) atoms. The van der Waals surface area contributed by atoms with E-state index in [1.807, 2.05) is 0 Å². The van der Waals surface area contributed by atoms with E-state index in [4.69, 9.17) is 11.5 Å². The van der Waals surface area contributed by atoms with Gasteiger partial charge in [0.2, 0.25) is 0 Å². The number of piperidine rings is 1. The van der Waals surface area contributed by atoms with Crippen LogP contribution < -0.4 is 16.4 Å². The third-order valence-electron chi connectivity index (χ3n) is 5.32. The molecule has 4 N–H and O–H groups in total. The van der Waals surface area contributed by atoms with E-state index in [2.05, 4.69) is 39.1 Å². The number of hydrogen-bond donors (Lipinski definition) is 2. The van der Waals surface area contributed by atoms with Gasteiger partial charge in [-0.2, -0.15) is 0 Å². The van der Waals surface area contributed by atoms with Crippen molar-refractivity contribution in [3.8, 4) is 0 Å². The smallest absolute Gasteiger partial charge is 0.149 e. The zero-order chi connectivity index (χ0) is 15.2. The van der Waals surface area contributed by atoms with Gasteiger partial charge in [0, 0.05) is 19.1 Å². The first-order valence-electron chi connectivity index (χ1n) is 7.84. The number of anilines is 2. The van der Waals surface area contributed by atoms with E-state index in [9.17, 15) is 0 Å². The summed E-state index contributed by atoms with van der Waals surface area (Å²) in [5.74, 6) is 1.35. The maximum Gasteiger partial charge on any atom is 0.149 e. The number of hydrogen-bond acceptors (Lipinski definition) is 5. The van der Waals surface area contributed by atoms with Gasteiger partial charge in [0.25, 0.3) is 0 Å². The van der Waals surface area contributed by atoms with Gasteiger partial charge < -0.3 is 16.4 Å². The van der Waals surface area contributed by atoms with E-state index >= 15 is 0 Å². The Labute approximate surface area is 130 Å². The van der Waals surface area contributed by atoms with Crippen LogP contribution in [0.3, 0.4) is 0 Å². The van der Waals surface area contributed by atoms with Gasteiger partial charge in [0.15, 0.2) is 0 Å². The fourth-order valence-corrected chi connectivity index (χ4v) is 4.01. The van der Waals surface area contributed by atoms with Gasteiger partial charge in [-0.15, -0.1) is 0 Å². The molecule has 5 nitrogen and oxygen atoms in total. The largest absolute Gasteiger partial charge is 0.382 e. The van der Waals surface area contributed by atoms with Crippen molar-refractivity contribution in [2.75, 3.05) is 23.7 Å². The van der Waals surface area contributed by atoms with Crippen molar-refractivity contribution in [1.29, 1.82) is 0 Å². The maximum absolute atomic E-state index is 6.60. The molecule has 2 aliphatic rings. The first kappa shape index (κ1) is 13.5. The van der Waals surface area contributed by atoms with Crippen LogP contribution in [0.4, 0.5) is 11.6 Å². The first-order chi connectivity index (χ1) is 10.7. The van der Waals surface area contributed by atoms with Gasteiger partial charge in [0.05, 0.1) is 12.4 Å². The van der Waals surface area contributed by atoms with Crippen LogP contribution in [0.25, 0.3) is 0 Å². The third-order valence-corrected chi connectivity index (χ3v) is 5.32. The lowest BCUT2D eigenvalue weighted by molar-refractivity contribution is 0.187. The van der Waals surface area contributed by atoms with Crippen LogP contribution >= 0.6 is 0 Å². The van der Waals surface area contributed by atoms with E-state index < -0.39 is 0 Å².